The summed E-state index contributed by atoms with van der Waals surface area (Å²) in [6, 6.07) is 8.56. The molecule has 1 unspecified atom stereocenters. The first-order valence-corrected chi connectivity index (χ1v) is 7.96. The fourth-order valence-corrected chi connectivity index (χ4v) is 3.51. The zero-order valence-electron chi connectivity index (χ0n) is 11.9. The van der Waals surface area contributed by atoms with Gasteiger partial charge in [0.25, 0.3) is 0 Å². The van der Waals surface area contributed by atoms with Crippen LogP contribution in [-0.2, 0) is 13.0 Å². The number of fused-ring (bicyclic) bond motifs is 1. The monoisotopic (exact) mass is 289 g/mol. The van der Waals surface area contributed by atoms with Crippen molar-refractivity contribution in [1.82, 2.24) is 10.1 Å². The summed E-state index contributed by atoms with van der Waals surface area (Å²) in [5.74, 6) is 1.49. The molecule has 4 nitrogen and oxygen atoms in total. The second-order valence-corrected chi connectivity index (χ2v) is 6.54. The Bertz CT molecular complexity index is 584. The van der Waals surface area contributed by atoms with E-state index in [9.17, 15) is 0 Å². The van der Waals surface area contributed by atoms with E-state index in [2.05, 4.69) is 46.2 Å². The van der Waals surface area contributed by atoms with E-state index in [1.165, 1.54) is 10.6 Å². The summed E-state index contributed by atoms with van der Waals surface area (Å²) in [7, 11) is 0. The third kappa shape index (κ3) is 2.82. The van der Waals surface area contributed by atoms with Crippen molar-refractivity contribution in [2.75, 3.05) is 11.4 Å². The van der Waals surface area contributed by atoms with Gasteiger partial charge >= 0.3 is 0 Å². The third-order valence-corrected chi connectivity index (χ3v) is 4.73. The number of anilines is 1. The highest BCUT2D eigenvalue weighted by atomic mass is 32.2. The average Bonchev–Trinajstić information content (AvgIpc) is 2.85. The Hall–Kier alpha value is -1.49. The molecule has 20 heavy (non-hydrogen) atoms. The molecule has 1 aromatic carbocycles. The van der Waals surface area contributed by atoms with Crippen LogP contribution >= 0.6 is 11.8 Å². The SMILES string of the molecule is CCc1noc(CN2CCC(C)Sc3ccccc32)n1. The Kier molecular flexibility index (Phi) is 3.96. The van der Waals surface area contributed by atoms with Gasteiger partial charge in [0.05, 0.1) is 12.2 Å². The molecular formula is C15H19N3OS. The van der Waals surface area contributed by atoms with Crippen LogP contribution < -0.4 is 4.90 Å². The quantitative estimate of drug-likeness (QED) is 0.864. The van der Waals surface area contributed by atoms with Crippen molar-refractivity contribution in [3.63, 3.8) is 0 Å². The van der Waals surface area contributed by atoms with Gasteiger partial charge in [0.1, 0.15) is 0 Å². The maximum Gasteiger partial charge on any atom is 0.246 e. The minimum atomic E-state index is 0.634. The molecule has 0 amide bonds. The summed E-state index contributed by atoms with van der Waals surface area (Å²) in [6.07, 6.45) is 1.97. The number of hydrogen-bond donors (Lipinski definition) is 0. The molecule has 1 atom stereocenters. The van der Waals surface area contributed by atoms with Gasteiger partial charge in [0.15, 0.2) is 5.82 Å². The first-order chi connectivity index (χ1) is 9.76. The van der Waals surface area contributed by atoms with Crippen molar-refractivity contribution in [1.29, 1.82) is 0 Å². The lowest BCUT2D eigenvalue weighted by Crippen LogP contribution is -2.24. The van der Waals surface area contributed by atoms with Gasteiger partial charge < -0.3 is 9.42 Å². The Morgan fingerprint density at radius 1 is 1.40 bits per heavy atom. The standard InChI is InChI=1S/C15H19N3OS/c1-3-14-16-15(19-17-14)10-18-9-8-11(2)20-13-7-5-4-6-12(13)18/h4-7,11H,3,8-10H2,1-2H3. The highest BCUT2D eigenvalue weighted by Gasteiger charge is 2.21. The Balaban J connectivity index is 1.85. The van der Waals surface area contributed by atoms with E-state index < -0.39 is 0 Å². The Morgan fingerprint density at radius 2 is 2.25 bits per heavy atom. The summed E-state index contributed by atoms with van der Waals surface area (Å²) in [4.78, 5) is 8.11. The van der Waals surface area contributed by atoms with Crippen LogP contribution in [0, 0.1) is 0 Å². The summed E-state index contributed by atoms with van der Waals surface area (Å²) < 4.78 is 5.33. The highest BCUT2D eigenvalue weighted by Crippen LogP contribution is 2.37. The van der Waals surface area contributed by atoms with Crippen molar-refractivity contribution in [3.8, 4) is 0 Å². The van der Waals surface area contributed by atoms with Crippen LogP contribution in [-0.4, -0.2) is 21.9 Å². The van der Waals surface area contributed by atoms with E-state index in [0.717, 1.165) is 25.2 Å². The van der Waals surface area contributed by atoms with Gasteiger partial charge in [-0.05, 0) is 18.6 Å². The fourth-order valence-electron chi connectivity index (χ4n) is 2.38. The summed E-state index contributed by atoms with van der Waals surface area (Å²) in [5.41, 5.74) is 1.28. The van der Waals surface area contributed by atoms with Crippen LogP contribution in [0.15, 0.2) is 33.7 Å². The van der Waals surface area contributed by atoms with Crippen LogP contribution in [0.1, 0.15) is 32.0 Å². The van der Waals surface area contributed by atoms with Crippen LogP contribution in [0.3, 0.4) is 0 Å². The smallest absolute Gasteiger partial charge is 0.246 e. The van der Waals surface area contributed by atoms with Gasteiger partial charge in [-0.25, -0.2) is 0 Å². The van der Waals surface area contributed by atoms with Crippen LogP contribution in [0.4, 0.5) is 5.69 Å². The lowest BCUT2D eigenvalue weighted by atomic mass is 10.2. The van der Waals surface area contributed by atoms with Crippen molar-refractivity contribution in [2.24, 2.45) is 0 Å². The van der Waals surface area contributed by atoms with Crippen LogP contribution in [0.5, 0.6) is 0 Å². The zero-order valence-corrected chi connectivity index (χ0v) is 12.7. The Labute approximate surface area is 123 Å². The molecular weight excluding hydrogens is 270 g/mol. The van der Waals surface area contributed by atoms with Crippen LogP contribution in [0.2, 0.25) is 0 Å². The number of thioether (sulfide) groups is 1. The number of aromatic nitrogens is 2. The lowest BCUT2D eigenvalue weighted by Gasteiger charge is -2.22. The van der Waals surface area contributed by atoms with Crippen molar-refractivity contribution in [3.05, 3.63) is 36.0 Å². The lowest BCUT2D eigenvalue weighted by molar-refractivity contribution is 0.371. The summed E-state index contributed by atoms with van der Waals surface area (Å²) >= 11 is 1.95. The summed E-state index contributed by atoms with van der Waals surface area (Å²) in [6.45, 7) is 6.04. The maximum atomic E-state index is 5.33. The normalized spacial score (nSPS) is 18.7. The minimum absolute atomic E-state index is 0.634. The van der Waals surface area contributed by atoms with Crippen LogP contribution in [0.25, 0.3) is 0 Å². The van der Waals surface area contributed by atoms with Gasteiger partial charge in [-0.1, -0.05) is 31.1 Å². The second-order valence-electron chi connectivity index (χ2n) is 5.06. The second kappa shape index (κ2) is 5.87. The van der Waals surface area contributed by atoms with E-state index in [4.69, 9.17) is 4.52 Å². The number of rotatable bonds is 3. The fraction of sp³-hybridized carbons (Fsp3) is 0.467. The largest absolute Gasteiger partial charge is 0.361 e. The molecule has 1 aliphatic rings. The molecule has 1 aliphatic heterocycles. The molecule has 5 heteroatoms. The molecule has 3 rings (SSSR count). The van der Waals surface area contributed by atoms with E-state index >= 15 is 0 Å². The number of nitrogens with zero attached hydrogens (tertiary/aromatic N) is 3. The summed E-state index contributed by atoms with van der Waals surface area (Å²) in [5, 5.41) is 4.61. The third-order valence-electron chi connectivity index (χ3n) is 3.49. The molecule has 1 aromatic heterocycles. The number of benzene rings is 1. The molecule has 0 spiro atoms. The van der Waals surface area contributed by atoms with Gasteiger partial charge in [-0.2, -0.15) is 4.98 Å². The molecule has 0 fully saturated rings. The molecule has 0 radical (unpaired) electrons. The van der Waals surface area contributed by atoms with Crippen molar-refractivity contribution >= 4 is 17.4 Å². The number of para-hydroxylation sites is 1. The number of aryl methyl sites for hydroxylation is 1. The molecule has 2 heterocycles. The van der Waals surface area contributed by atoms with Crippen molar-refractivity contribution in [2.45, 2.75) is 43.4 Å². The van der Waals surface area contributed by atoms with E-state index in [1.54, 1.807) is 0 Å². The van der Waals surface area contributed by atoms with E-state index in [1.807, 2.05) is 18.7 Å². The van der Waals surface area contributed by atoms with Crippen molar-refractivity contribution < 1.29 is 4.52 Å². The average molecular weight is 289 g/mol. The van der Waals surface area contributed by atoms with Gasteiger partial charge in [0.2, 0.25) is 5.89 Å². The minimum Gasteiger partial charge on any atom is -0.361 e. The molecule has 0 N–H and O–H groups in total. The molecule has 0 saturated carbocycles. The zero-order chi connectivity index (χ0) is 13.9. The molecule has 0 bridgehead atoms. The number of hydrogen-bond acceptors (Lipinski definition) is 5. The predicted molar refractivity (Wildman–Crippen MR) is 81.1 cm³/mol. The predicted octanol–water partition coefficient (Wildman–Crippen LogP) is 3.52. The molecule has 2 aromatic rings. The maximum absolute atomic E-state index is 5.33. The first-order valence-electron chi connectivity index (χ1n) is 7.08. The van der Waals surface area contributed by atoms with Gasteiger partial charge in [0, 0.05) is 23.1 Å². The first kappa shape index (κ1) is 13.5. The van der Waals surface area contributed by atoms with E-state index in [0.29, 0.717) is 17.7 Å². The topological polar surface area (TPSA) is 42.2 Å². The Morgan fingerprint density at radius 3 is 3.05 bits per heavy atom. The molecule has 106 valence electrons. The van der Waals surface area contributed by atoms with Gasteiger partial charge in [-0.3, -0.25) is 0 Å². The highest BCUT2D eigenvalue weighted by molar-refractivity contribution is 8.00. The molecule has 0 saturated heterocycles. The molecule has 0 aliphatic carbocycles. The van der Waals surface area contributed by atoms with Gasteiger partial charge in [-0.15, -0.1) is 11.8 Å². The van der Waals surface area contributed by atoms with E-state index in [-0.39, 0.29) is 0 Å².